The Hall–Kier alpha value is -0.980. The fourth-order valence-corrected chi connectivity index (χ4v) is 2.04. The topological polar surface area (TPSA) is 35.8 Å². The van der Waals surface area contributed by atoms with Gasteiger partial charge in [0.15, 0.2) is 0 Å². The predicted molar refractivity (Wildman–Crippen MR) is 64.9 cm³/mol. The van der Waals surface area contributed by atoms with Crippen molar-refractivity contribution in [2.24, 2.45) is 0 Å². The number of nitriles is 1. The number of thioether (sulfide) groups is 1. The number of hydrogen-bond donors (Lipinski definition) is 1. The minimum atomic E-state index is 0.373. The van der Waals surface area contributed by atoms with Crippen LogP contribution in [-0.4, -0.2) is 12.3 Å². The summed E-state index contributed by atoms with van der Waals surface area (Å²) in [5.41, 5.74) is 1.28. The SMILES string of the molecule is CCNC(C)c1cccc(SCC#N)c1. The Morgan fingerprint density at radius 2 is 2.33 bits per heavy atom. The summed E-state index contributed by atoms with van der Waals surface area (Å²) in [6.45, 7) is 5.22. The van der Waals surface area contributed by atoms with Gasteiger partial charge < -0.3 is 5.32 Å². The van der Waals surface area contributed by atoms with Crippen LogP contribution in [0.15, 0.2) is 29.2 Å². The molecule has 2 nitrogen and oxygen atoms in total. The van der Waals surface area contributed by atoms with Crippen molar-refractivity contribution >= 4 is 11.8 Å². The van der Waals surface area contributed by atoms with Crippen LogP contribution < -0.4 is 5.32 Å². The average molecular weight is 220 g/mol. The van der Waals surface area contributed by atoms with Crippen LogP contribution in [0.2, 0.25) is 0 Å². The van der Waals surface area contributed by atoms with Crippen LogP contribution in [0.1, 0.15) is 25.5 Å². The highest BCUT2D eigenvalue weighted by Gasteiger charge is 2.03. The molecule has 0 aliphatic rings. The monoisotopic (exact) mass is 220 g/mol. The van der Waals surface area contributed by atoms with E-state index in [1.54, 1.807) is 11.8 Å². The zero-order valence-corrected chi connectivity index (χ0v) is 9.97. The first-order chi connectivity index (χ1) is 7.27. The van der Waals surface area contributed by atoms with Crippen molar-refractivity contribution < 1.29 is 0 Å². The van der Waals surface area contributed by atoms with Crippen LogP contribution in [0.25, 0.3) is 0 Å². The molecule has 15 heavy (non-hydrogen) atoms. The van der Waals surface area contributed by atoms with Crippen molar-refractivity contribution in [3.63, 3.8) is 0 Å². The molecule has 0 heterocycles. The number of hydrogen-bond acceptors (Lipinski definition) is 3. The molecule has 0 saturated heterocycles. The molecule has 80 valence electrons. The van der Waals surface area contributed by atoms with Gasteiger partial charge in [-0.15, -0.1) is 11.8 Å². The maximum atomic E-state index is 8.51. The van der Waals surface area contributed by atoms with Crippen LogP contribution in [0.3, 0.4) is 0 Å². The van der Waals surface area contributed by atoms with Crippen molar-refractivity contribution in [2.75, 3.05) is 12.3 Å². The van der Waals surface area contributed by atoms with Gasteiger partial charge in [-0.3, -0.25) is 0 Å². The summed E-state index contributed by atoms with van der Waals surface area (Å²) < 4.78 is 0. The van der Waals surface area contributed by atoms with E-state index in [9.17, 15) is 0 Å². The second-order valence-electron chi connectivity index (χ2n) is 3.30. The zero-order chi connectivity index (χ0) is 11.1. The molecular formula is C12H16N2S. The minimum absolute atomic E-state index is 0.373. The quantitative estimate of drug-likeness (QED) is 0.775. The summed E-state index contributed by atoms with van der Waals surface area (Å²) in [6, 6.07) is 10.9. The standard InChI is InChI=1S/C12H16N2S/c1-3-14-10(2)11-5-4-6-12(9-11)15-8-7-13/h4-6,9-10,14H,3,8H2,1-2H3. The first-order valence-electron chi connectivity index (χ1n) is 5.11. The molecule has 0 bridgehead atoms. The fourth-order valence-electron chi connectivity index (χ4n) is 1.41. The van der Waals surface area contributed by atoms with Crippen molar-refractivity contribution in [3.05, 3.63) is 29.8 Å². The molecule has 0 saturated carbocycles. The van der Waals surface area contributed by atoms with Crippen molar-refractivity contribution in [1.29, 1.82) is 5.26 Å². The zero-order valence-electron chi connectivity index (χ0n) is 9.16. The summed E-state index contributed by atoms with van der Waals surface area (Å²) in [7, 11) is 0. The normalized spacial score (nSPS) is 12.1. The third-order valence-electron chi connectivity index (χ3n) is 2.17. The smallest absolute Gasteiger partial charge is 0.0855 e. The maximum absolute atomic E-state index is 8.51. The van der Waals surface area contributed by atoms with Crippen LogP contribution >= 0.6 is 11.8 Å². The van der Waals surface area contributed by atoms with Crippen molar-refractivity contribution in [1.82, 2.24) is 5.32 Å². The molecule has 0 aromatic heterocycles. The molecule has 1 aromatic carbocycles. The Morgan fingerprint density at radius 1 is 1.53 bits per heavy atom. The largest absolute Gasteiger partial charge is 0.310 e. The lowest BCUT2D eigenvalue weighted by Crippen LogP contribution is -2.17. The number of nitrogens with one attached hydrogen (secondary N) is 1. The third-order valence-corrected chi connectivity index (χ3v) is 3.03. The van der Waals surface area contributed by atoms with E-state index in [1.165, 1.54) is 10.5 Å². The lowest BCUT2D eigenvalue weighted by molar-refractivity contribution is 0.597. The molecule has 0 amide bonds. The summed E-state index contributed by atoms with van der Waals surface area (Å²) >= 11 is 1.58. The molecule has 1 aromatic rings. The van der Waals surface area contributed by atoms with Crippen LogP contribution in [0.4, 0.5) is 0 Å². The van der Waals surface area contributed by atoms with Crippen LogP contribution in [0.5, 0.6) is 0 Å². The van der Waals surface area contributed by atoms with E-state index in [0.717, 1.165) is 6.54 Å². The van der Waals surface area contributed by atoms with E-state index < -0.39 is 0 Å². The van der Waals surface area contributed by atoms with E-state index in [4.69, 9.17) is 5.26 Å². The molecule has 0 spiro atoms. The Labute approximate surface area is 95.7 Å². The molecule has 3 heteroatoms. The summed E-state index contributed by atoms with van der Waals surface area (Å²) in [6.07, 6.45) is 0. The van der Waals surface area contributed by atoms with Gasteiger partial charge in [0.1, 0.15) is 0 Å². The summed E-state index contributed by atoms with van der Waals surface area (Å²) in [4.78, 5) is 1.17. The second-order valence-corrected chi connectivity index (χ2v) is 4.35. The van der Waals surface area contributed by atoms with Crippen molar-refractivity contribution in [2.45, 2.75) is 24.8 Å². The fraction of sp³-hybridized carbons (Fsp3) is 0.417. The van der Waals surface area contributed by atoms with Crippen LogP contribution in [0, 0.1) is 11.3 Å². The van der Waals surface area contributed by atoms with E-state index in [2.05, 4.69) is 37.4 Å². The molecule has 1 rings (SSSR count). The first-order valence-corrected chi connectivity index (χ1v) is 6.09. The van der Waals surface area contributed by atoms with Crippen LogP contribution in [-0.2, 0) is 0 Å². The third kappa shape index (κ3) is 3.94. The summed E-state index contributed by atoms with van der Waals surface area (Å²) in [5.74, 6) is 0.513. The highest BCUT2D eigenvalue weighted by atomic mass is 32.2. The van der Waals surface area contributed by atoms with Gasteiger partial charge >= 0.3 is 0 Å². The van der Waals surface area contributed by atoms with Gasteiger partial charge in [-0.1, -0.05) is 19.1 Å². The van der Waals surface area contributed by atoms with E-state index in [-0.39, 0.29) is 0 Å². The van der Waals surface area contributed by atoms with Gasteiger partial charge in [-0.25, -0.2) is 0 Å². The maximum Gasteiger partial charge on any atom is 0.0855 e. The second kappa shape index (κ2) is 6.49. The lowest BCUT2D eigenvalue weighted by atomic mass is 10.1. The van der Waals surface area contributed by atoms with E-state index in [0.29, 0.717) is 11.8 Å². The van der Waals surface area contributed by atoms with Gasteiger partial charge in [0.25, 0.3) is 0 Å². The van der Waals surface area contributed by atoms with E-state index in [1.807, 2.05) is 12.1 Å². The highest BCUT2D eigenvalue weighted by molar-refractivity contribution is 7.99. The van der Waals surface area contributed by atoms with Gasteiger partial charge in [0, 0.05) is 10.9 Å². The molecule has 0 aliphatic heterocycles. The summed E-state index contributed by atoms with van der Waals surface area (Å²) in [5, 5.41) is 11.9. The molecule has 1 N–H and O–H groups in total. The molecule has 0 fully saturated rings. The Morgan fingerprint density at radius 3 is 3.00 bits per heavy atom. The van der Waals surface area contributed by atoms with Gasteiger partial charge in [-0.05, 0) is 31.2 Å². The Bertz CT molecular complexity index is 344. The Kier molecular flexibility index (Phi) is 5.23. The highest BCUT2D eigenvalue weighted by Crippen LogP contribution is 2.21. The van der Waals surface area contributed by atoms with E-state index >= 15 is 0 Å². The minimum Gasteiger partial charge on any atom is -0.310 e. The molecule has 0 radical (unpaired) electrons. The van der Waals surface area contributed by atoms with Gasteiger partial charge in [-0.2, -0.15) is 5.26 Å². The first kappa shape index (κ1) is 12.1. The van der Waals surface area contributed by atoms with Gasteiger partial charge in [0.05, 0.1) is 11.8 Å². The lowest BCUT2D eigenvalue weighted by Gasteiger charge is -2.13. The average Bonchev–Trinajstić information content (AvgIpc) is 2.27. The molecule has 1 unspecified atom stereocenters. The number of rotatable bonds is 5. The number of benzene rings is 1. The van der Waals surface area contributed by atoms with Crippen molar-refractivity contribution in [3.8, 4) is 6.07 Å². The number of nitrogens with zero attached hydrogens (tertiary/aromatic N) is 1. The predicted octanol–water partition coefficient (Wildman–Crippen LogP) is 2.97. The molecular weight excluding hydrogens is 204 g/mol. The van der Waals surface area contributed by atoms with Gasteiger partial charge in [0.2, 0.25) is 0 Å². The molecule has 1 atom stereocenters. The Balaban J connectivity index is 2.69. The molecule has 0 aliphatic carbocycles.